The smallest absolute Gasteiger partial charge is 0.173 e. The molecule has 5 heteroatoms. The first kappa shape index (κ1) is 19.5. The molecule has 2 aromatic rings. The average molecular weight is 392 g/mol. The van der Waals surface area contributed by atoms with Crippen molar-refractivity contribution in [3.8, 4) is 5.75 Å². The van der Waals surface area contributed by atoms with Gasteiger partial charge >= 0.3 is 0 Å². The van der Waals surface area contributed by atoms with Crippen molar-refractivity contribution in [1.29, 1.82) is 0 Å². The molecule has 2 aromatic carbocycles. The third-order valence-electron chi connectivity index (χ3n) is 6.10. The molecule has 4 rings (SSSR count). The maximum Gasteiger partial charge on any atom is 0.173 e. The first-order valence-electron chi connectivity index (χ1n) is 9.86. The van der Waals surface area contributed by atoms with Gasteiger partial charge in [0, 0.05) is 24.3 Å². The van der Waals surface area contributed by atoms with Crippen LogP contribution in [0.4, 0.5) is 0 Å². The summed E-state index contributed by atoms with van der Waals surface area (Å²) in [5.74, 6) is -2.38. The number of carbonyl (C=O) groups excluding carboxylic acids is 3. The monoisotopic (exact) mass is 392 g/mol. The lowest BCUT2D eigenvalue weighted by Gasteiger charge is -2.42. The largest absolute Gasteiger partial charge is 0.507 e. The van der Waals surface area contributed by atoms with Crippen molar-refractivity contribution < 1.29 is 24.2 Å². The Hall–Kier alpha value is -2.79. The molecule has 0 aromatic heterocycles. The van der Waals surface area contributed by atoms with E-state index in [1.807, 2.05) is 45.0 Å². The van der Waals surface area contributed by atoms with Crippen molar-refractivity contribution in [3.63, 3.8) is 0 Å². The quantitative estimate of drug-likeness (QED) is 0.854. The predicted molar refractivity (Wildman–Crippen MR) is 107 cm³/mol. The number of rotatable bonds is 3. The average Bonchev–Trinajstić information content (AvgIpc) is 2.65. The molecule has 1 fully saturated rings. The number of carbonyl (C=O) groups is 3. The van der Waals surface area contributed by atoms with Gasteiger partial charge in [-0.25, -0.2) is 0 Å². The zero-order valence-corrected chi connectivity index (χ0v) is 16.8. The molecule has 2 aliphatic rings. The molecule has 0 heterocycles. The molecule has 0 radical (unpaired) electrons. The number of aryl methyl sites for hydroxylation is 1. The summed E-state index contributed by atoms with van der Waals surface area (Å²) in [5.41, 5.74) is 1.55. The normalized spacial score (nSPS) is 24.2. The maximum atomic E-state index is 13.3. The van der Waals surface area contributed by atoms with E-state index in [1.165, 1.54) is 12.1 Å². The van der Waals surface area contributed by atoms with Gasteiger partial charge in [-0.2, -0.15) is 0 Å². The molecular weight excluding hydrogens is 368 g/mol. The van der Waals surface area contributed by atoms with Crippen LogP contribution in [0.3, 0.4) is 0 Å². The summed E-state index contributed by atoms with van der Waals surface area (Å²) >= 11 is 0. The molecule has 0 saturated heterocycles. The fraction of sp³-hybridized carbons (Fsp3) is 0.375. The fourth-order valence-electron chi connectivity index (χ4n) is 4.56. The van der Waals surface area contributed by atoms with Crippen molar-refractivity contribution in [1.82, 2.24) is 0 Å². The zero-order chi connectivity index (χ0) is 20.9. The zero-order valence-electron chi connectivity index (χ0n) is 16.8. The van der Waals surface area contributed by atoms with Crippen molar-refractivity contribution in [2.75, 3.05) is 0 Å². The van der Waals surface area contributed by atoms with Crippen molar-refractivity contribution in [2.24, 2.45) is 11.8 Å². The first-order valence-corrected chi connectivity index (χ1v) is 9.86. The third-order valence-corrected chi connectivity index (χ3v) is 6.10. The number of hydrogen-bond donors (Lipinski definition) is 1. The second kappa shape index (κ2) is 6.92. The Morgan fingerprint density at radius 2 is 1.66 bits per heavy atom. The number of aromatic hydroxyl groups is 1. The minimum absolute atomic E-state index is 0.0369. The van der Waals surface area contributed by atoms with Gasteiger partial charge in [-0.1, -0.05) is 42.0 Å². The van der Waals surface area contributed by atoms with Gasteiger partial charge in [0.2, 0.25) is 0 Å². The molecule has 5 nitrogen and oxygen atoms in total. The Balaban J connectivity index is 1.72. The molecule has 0 aliphatic heterocycles. The van der Waals surface area contributed by atoms with Gasteiger partial charge in [-0.05, 0) is 32.4 Å². The molecule has 0 unspecified atom stereocenters. The van der Waals surface area contributed by atoms with Gasteiger partial charge in [-0.15, -0.1) is 0 Å². The van der Waals surface area contributed by atoms with Gasteiger partial charge in [0.15, 0.2) is 11.6 Å². The number of hydrogen-bond acceptors (Lipinski definition) is 5. The number of ether oxygens (including phenoxy) is 1. The Morgan fingerprint density at radius 3 is 2.34 bits per heavy atom. The van der Waals surface area contributed by atoms with Gasteiger partial charge in [0.1, 0.15) is 11.5 Å². The van der Waals surface area contributed by atoms with Gasteiger partial charge in [-0.3, -0.25) is 14.4 Å². The number of phenols is 1. The predicted octanol–water partition coefficient (Wildman–Crippen LogP) is 4.00. The Bertz CT molecular complexity index is 1000. The molecule has 1 N–H and O–H groups in total. The molecule has 1 saturated carbocycles. The second-order valence-corrected chi connectivity index (χ2v) is 8.54. The standard InChI is InChI=1S/C24H24O5/c1-13-7-9-14(10-8-13)24(2,3)29-19-12-15(25)11-17-21(19)23(28)20-16(22(17)27)5-4-6-18(20)26/h4-10,17,19,21,26H,11-12H2,1-3H3/t17-,19-,21+/m1/s1. The molecule has 0 amide bonds. The van der Waals surface area contributed by atoms with Crippen LogP contribution in [0, 0.1) is 18.8 Å². The Kier molecular flexibility index (Phi) is 4.66. The molecule has 0 bridgehead atoms. The Labute approximate surface area is 169 Å². The lowest BCUT2D eigenvalue weighted by Crippen LogP contribution is -2.50. The highest BCUT2D eigenvalue weighted by atomic mass is 16.5. The summed E-state index contributed by atoms with van der Waals surface area (Å²) in [4.78, 5) is 38.8. The van der Waals surface area contributed by atoms with Crippen LogP contribution in [-0.2, 0) is 15.1 Å². The van der Waals surface area contributed by atoms with E-state index in [2.05, 4.69) is 0 Å². The second-order valence-electron chi connectivity index (χ2n) is 8.54. The summed E-state index contributed by atoms with van der Waals surface area (Å²) in [6.07, 6.45) is -0.602. The number of fused-ring (bicyclic) bond motifs is 2. The van der Waals surface area contributed by atoms with E-state index in [0.29, 0.717) is 0 Å². The highest BCUT2D eigenvalue weighted by Crippen LogP contribution is 2.44. The Morgan fingerprint density at radius 1 is 0.966 bits per heavy atom. The number of phenolic OH excluding ortho intramolecular Hbond substituents is 1. The van der Waals surface area contributed by atoms with E-state index < -0.39 is 23.5 Å². The molecule has 3 atom stereocenters. The van der Waals surface area contributed by atoms with Crippen LogP contribution < -0.4 is 0 Å². The van der Waals surface area contributed by atoms with Gasteiger partial charge < -0.3 is 9.84 Å². The summed E-state index contributed by atoms with van der Waals surface area (Å²) in [5, 5.41) is 10.2. The van der Waals surface area contributed by atoms with Crippen molar-refractivity contribution in [2.45, 2.75) is 45.3 Å². The number of ketones is 3. The lowest BCUT2D eigenvalue weighted by molar-refractivity contribution is -0.140. The molecular formula is C24H24O5. The van der Waals surface area contributed by atoms with Crippen molar-refractivity contribution in [3.05, 3.63) is 64.7 Å². The molecule has 150 valence electrons. The summed E-state index contributed by atoms with van der Waals surface area (Å²) in [6.45, 7) is 5.79. The van der Waals surface area contributed by atoms with Crippen LogP contribution in [0.15, 0.2) is 42.5 Å². The van der Waals surface area contributed by atoms with E-state index >= 15 is 0 Å². The van der Waals surface area contributed by atoms with Gasteiger partial charge in [0.25, 0.3) is 0 Å². The third kappa shape index (κ3) is 3.29. The summed E-state index contributed by atoms with van der Waals surface area (Å²) < 4.78 is 6.34. The van der Waals surface area contributed by atoms with Crippen LogP contribution in [0.2, 0.25) is 0 Å². The van der Waals surface area contributed by atoms with Crippen LogP contribution in [0.25, 0.3) is 0 Å². The van der Waals surface area contributed by atoms with Crippen LogP contribution in [0.5, 0.6) is 5.75 Å². The van der Waals surface area contributed by atoms with Crippen LogP contribution >= 0.6 is 0 Å². The lowest BCUT2D eigenvalue weighted by atomic mass is 9.65. The van der Waals surface area contributed by atoms with E-state index in [1.54, 1.807) is 6.07 Å². The van der Waals surface area contributed by atoms with E-state index in [9.17, 15) is 19.5 Å². The maximum absolute atomic E-state index is 13.3. The fourth-order valence-corrected chi connectivity index (χ4v) is 4.56. The summed E-state index contributed by atoms with van der Waals surface area (Å²) in [6, 6.07) is 12.4. The van der Waals surface area contributed by atoms with E-state index in [0.717, 1.165) is 11.1 Å². The highest BCUT2D eigenvalue weighted by Gasteiger charge is 2.51. The van der Waals surface area contributed by atoms with Crippen molar-refractivity contribution >= 4 is 17.3 Å². The van der Waals surface area contributed by atoms with E-state index in [-0.39, 0.29) is 47.1 Å². The SMILES string of the molecule is Cc1ccc(C(C)(C)O[C@@H]2CC(=O)C[C@H]3C(=O)c4cccc(O)c4C(=O)[C@H]23)cc1. The molecule has 29 heavy (non-hydrogen) atoms. The van der Waals surface area contributed by atoms with Crippen LogP contribution in [-0.4, -0.2) is 28.6 Å². The van der Waals surface area contributed by atoms with Crippen LogP contribution in [0.1, 0.15) is 58.5 Å². The van der Waals surface area contributed by atoms with Gasteiger partial charge in [0.05, 0.1) is 23.2 Å². The minimum atomic E-state index is -0.772. The minimum Gasteiger partial charge on any atom is -0.507 e. The topological polar surface area (TPSA) is 80.7 Å². The molecule has 0 spiro atoms. The highest BCUT2D eigenvalue weighted by molar-refractivity contribution is 6.18. The number of Topliss-reactive ketones (excluding diaryl/α,β-unsaturated/α-hetero) is 3. The number of benzene rings is 2. The summed E-state index contributed by atoms with van der Waals surface area (Å²) in [7, 11) is 0. The van der Waals surface area contributed by atoms with E-state index in [4.69, 9.17) is 4.74 Å². The molecule has 2 aliphatic carbocycles. The first-order chi connectivity index (χ1) is 13.7.